The first-order chi connectivity index (χ1) is 8.29. The van der Waals surface area contributed by atoms with E-state index in [-0.39, 0.29) is 21.8 Å². The molecule has 0 aromatic heterocycles. The van der Waals surface area contributed by atoms with Crippen LogP contribution in [0.3, 0.4) is 0 Å². The lowest BCUT2D eigenvalue weighted by atomic mass is 9.66. The maximum Gasteiger partial charge on any atom is 0.126 e. The summed E-state index contributed by atoms with van der Waals surface area (Å²) >= 11 is 0. The minimum atomic E-state index is -0.0486. The van der Waals surface area contributed by atoms with E-state index in [1.807, 2.05) is 0 Å². The molecule has 0 saturated carbocycles. The number of rotatable bonds is 0. The van der Waals surface area contributed by atoms with E-state index in [1.54, 1.807) is 0 Å². The third-order valence-corrected chi connectivity index (χ3v) is 4.34. The molecular formula is C18H29N. The minimum Gasteiger partial charge on any atom is -0.269 e. The van der Waals surface area contributed by atoms with E-state index in [4.69, 9.17) is 4.99 Å². The second kappa shape index (κ2) is 3.62. The Morgan fingerprint density at radius 2 is 1.37 bits per heavy atom. The summed E-state index contributed by atoms with van der Waals surface area (Å²) in [7, 11) is 0. The van der Waals surface area contributed by atoms with Crippen LogP contribution in [-0.4, -0.2) is 11.3 Å². The molecule has 0 radical (unpaired) electrons. The maximum absolute atomic E-state index is 4.94. The Kier molecular flexibility index (Phi) is 2.77. The van der Waals surface area contributed by atoms with Crippen molar-refractivity contribution in [2.24, 2.45) is 21.2 Å². The minimum absolute atomic E-state index is 0.0486. The molecule has 1 aliphatic carbocycles. The zero-order chi connectivity index (χ0) is 14.9. The van der Waals surface area contributed by atoms with Crippen molar-refractivity contribution < 1.29 is 0 Å². The number of nitrogens with zero attached hydrogens (tertiary/aromatic N) is 1. The molecule has 0 aromatic rings. The Morgan fingerprint density at radius 3 is 1.74 bits per heavy atom. The molecular weight excluding hydrogens is 230 g/mol. The lowest BCUT2D eigenvalue weighted by Crippen LogP contribution is -2.38. The van der Waals surface area contributed by atoms with Gasteiger partial charge in [0, 0.05) is 0 Å². The lowest BCUT2D eigenvalue weighted by Gasteiger charge is -2.36. The monoisotopic (exact) mass is 259 g/mol. The third-order valence-electron chi connectivity index (χ3n) is 4.34. The molecule has 2 aliphatic rings. The predicted molar refractivity (Wildman–Crippen MR) is 84.7 cm³/mol. The number of hydrogen-bond acceptors (Lipinski definition) is 1. The average molecular weight is 259 g/mol. The highest BCUT2D eigenvalue weighted by molar-refractivity contribution is 6.21. The third kappa shape index (κ3) is 2.22. The Morgan fingerprint density at radius 1 is 0.842 bits per heavy atom. The van der Waals surface area contributed by atoms with Gasteiger partial charge in [0.1, 0.15) is 5.54 Å². The summed E-state index contributed by atoms with van der Waals surface area (Å²) in [5.74, 6) is 0. The van der Waals surface area contributed by atoms with Crippen molar-refractivity contribution in [3.05, 3.63) is 23.3 Å². The van der Waals surface area contributed by atoms with Gasteiger partial charge in [0.05, 0.1) is 5.71 Å². The fourth-order valence-electron chi connectivity index (χ4n) is 2.75. The summed E-state index contributed by atoms with van der Waals surface area (Å²) in [5, 5.41) is 0. The summed E-state index contributed by atoms with van der Waals surface area (Å²) < 4.78 is 0. The summed E-state index contributed by atoms with van der Waals surface area (Å²) in [6.45, 7) is 20.6. The van der Waals surface area contributed by atoms with Crippen LogP contribution in [0.4, 0.5) is 0 Å². The Balaban J connectivity index is 2.55. The van der Waals surface area contributed by atoms with Crippen LogP contribution in [0.15, 0.2) is 28.3 Å². The van der Waals surface area contributed by atoms with Gasteiger partial charge in [0.15, 0.2) is 0 Å². The van der Waals surface area contributed by atoms with Crippen molar-refractivity contribution in [3.63, 3.8) is 0 Å². The van der Waals surface area contributed by atoms with E-state index in [9.17, 15) is 0 Å². The molecule has 0 amide bonds. The van der Waals surface area contributed by atoms with Gasteiger partial charge in [0.2, 0.25) is 0 Å². The van der Waals surface area contributed by atoms with Gasteiger partial charge in [0.25, 0.3) is 0 Å². The summed E-state index contributed by atoms with van der Waals surface area (Å²) in [5.41, 5.74) is 4.62. The molecule has 0 spiro atoms. The van der Waals surface area contributed by atoms with E-state index < -0.39 is 0 Å². The van der Waals surface area contributed by atoms with Crippen molar-refractivity contribution in [1.82, 2.24) is 0 Å². The van der Waals surface area contributed by atoms with Gasteiger partial charge in [-0.2, -0.15) is 0 Å². The molecule has 1 heteroatoms. The highest BCUT2D eigenvalue weighted by Crippen LogP contribution is 2.55. The topological polar surface area (TPSA) is 12.4 Å². The first-order valence-electron chi connectivity index (χ1n) is 7.35. The van der Waals surface area contributed by atoms with E-state index in [0.717, 1.165) is 0 Å². The lowest BCUT2D eigenvalue weighted by molar-refractivity contribution is 0.345. The Labute approximate surface area is 118 Å². The molecule has 0 bridgehead atoms. The Hall–Kier alpha value is -0.850. The molecule has 0 aromatic carbocycles. The van der Waals surface area contributed by atoms with E-state index >= 15 is 0 Å². The van der Waals surface area contributed by atoms with Gasteiger partial charge in [-0.15, -0.1) is 0 Å². The van der Waals surface area contributed by atoms with Gasteiger partial charge in [-0.3, -0.25) is 4.99 Å². The van der Waals surface area contributed by atoms with Crippen LogP contribution in [0.2, 0.25) is 0 Å². The van der Waals surface area contributed by atoms with Crippen LogP contribution in [0.25, 0.3) is 0 Å². The molecule has 1 unspecified atom stereocenters. The quantitative estimate of drug-likeness (QED) is 0.568. The molecule has 0 N–H and O–H groups in total. The van der Waals surface area contributed by atoms with Crippen molar-refractivity contribution in [2.45, 2.75) is 67.9 Å². The van der Waals surface area contributed by atoms with Crippen LogP contribution >= 0.6 is 0 Å². The van der Waals surface area contributed by atoms with Crippen molar-refractivity contribution in [1.29, 1.82) is 0 Å². The SMILES string of the molecule is CC(C)(C)C1=CC2(C(C)(C)C)N=C2C(C(C)(C)C)=C1. The van der Waals surface area contributed by atoms with Gasteiger partial charge in [-0.1, -0.05) is 68.4 Å². The zero-order valence-corrected chi connectivity index (χ0v) is 14.1. The first-order valence-corrected chi connectivity index (χ1v) is 7.35. The van der Waals surface area contributed by atoms with Crippen LogP contribution < -0.4 is 0 Å². The van der Waals surface area contributed by atoms with Gasteiger partial charge < -0.3 is 0 Å². The van der Waals surface area contributed by atoms with Gasteiger partial charge >= 0.3 is 0 Å². The number of hydrogen-bond donors (Lipinski definition) is 0. The molecule has 106 valence electrons. The standard InChI is InChI=1S/C18H29N/c1-15(2,3)12-10-13(16(4,5)6)14-18(11-12,19-14)17(7,8)9/h10-11H,1-9H3. The molecule has 19 heavy (non-hydrogen) atoms. The smallest absolute Gasteiger partial charge is 0.126 e. The van der Waals surface area contributed by atoms with Gasteiger partial charge in [-0.05, 0) is 33.5 Å². The first kappa shape index (κ1) is 14.6. The highest BCUT2D eigenvalue weighted by Gasteiger charge is 2.58. The van der Waals surface area contributed by atoms with Crippen LogP contribution in [0.1, 0.15) is 62.3 Å². The highest BCUT2D eigenvalue weighted by atomic mass is 15.1. The fourth-order valence-corrected chi connectivity index (χ4v) is 2.75. The maximum atomic E-state index is 4.94. The second-order valence-corrected chi connectivity index (χ2v) is 9.13. The zero-order valence-electron chi connectivity index (χ0n) is 14.1. The molecule has 0 fully saturated rings. The molecule has 1 atom stereocenters. The largest absolute Gasteiger partial charge is 0.269 e. The van der Waals surface area contributed by atoms with Gasteiger partial charge in [-0.25, -0.2) is 0 Å². The average Bonchev–Trinajstić information content (AvgIpc) is 2.86. The molecule has 1 aliphatic heterocycles. The summed E-state index contributed by atoms with van der Waals surface area (Å²) in [4.78, 5) is 4.94. The molecule has 1 heterocycles. The number of allylic oxidation sites excluding steroid dienone is 2. The summed E-state index contributed by atoms with van der Waals surface area (Å²) in [6.07, 6.45) is 4.80. The normalized spacial score (nSPS) is 27.3. The van der Waals surface area contributed by atoms with Crippen molar-refractivity contribution in [3.8, 4) is 0 Å². The van der Waals surface area contributed by atoms with Crippen molar-refractivity contribution in [2.75, 3.05) is 0 Å². The number of fused-ring (bicyclic) bond motifs is 1. The molecule has 1 nitrogen and oxygen atoms in total. The molecule has 2 rings (SSSR count). The van der Waals surface area contributed by atoms with E-state index in [1.165, 1.54) is 16.9 Å². The molecule has 0 saturated heterocycles. The Bertz CT molecular complexity index is 495. The summed E-state index contributed by atoms with van der Waals surface area (Å²) in [6, 6.07) is 0. The van der Waals surface area contributed by atoms with E-state index in [0.29, 0.717) is 0 Å². The fraction of sp³-hybridized carbons (Fsp3) is 0.722. The second-order valence-electron chi connectivity index (χ2n) is 9.13. The van der Waals surface area contributed by atoms with Crippen LogP contribution in [-0.2, 0) is 0 Å². The van der Waals surface area contributed by atoms with Crippen LogP contribution in [0.5, 0.6) is 0 Å². The van der Waals surface area contributed by atoms with Crippen LogP contribution in [0, 0.1) is 16.2 Å². The predicted octanol–water partition coefficient (Wildman–Crippen LogP) is 5.18. The van der Waals surface area contributed by atoms with E-state index in [2.05, 4.69) is 74.5 Å². The van der Waals surface area contributed by atoms with Crippen molar-refractivity contribution >= 4 is 5.71 Å². The number of aliphatic imine (C=N–C) groups is 1.